The Kier molecular flexibility index (Phi) is 7.31. The van der Waals surface area contributed by atoms with Gasteiger partial charge in [-0.2, -0.15) is 0 Å². The van der Waals surface area contributed by atoms with Gasteiger partial charge in [0, 0.05) is 30.4 Å². The van der Waals surface area contributed by atoms with Gasteiger partial charge < -0.3 is 30.9 Å². The second-order valence-corrected chi connectivity index (χ2v) is 7.64. The number of aromatic hydroxyl groups is 2. The first-order valence-corrected chi connectivity index (χ1v) is 9.73. The maximum Gasteiger partial charge on any atom is 0.319 e. The minimum absolute atomic E-state index is 0.0547. The summed E-state index contributed by atoms with van der Waals surface area (Å²) in [5.74, 6) is -1.80. The highest BCUT2D eigenvalue weighted by Crippen LogP contribution is 2.41. The van der Waals surface area contributed by atoms with Crippen LogP contribution in [0.5, 0.6) is 11.5 Å². The number of urea groups is 1. The molecule has 0 aliphatic carbocycles. The van der Waals surface area contributed by atoms with Gasteiger partial charge in [-0.05, 0) is 56.3 Å². The van der Waals surface area contributed by atoms with Crippen LogP contribution in [0.4, 0.5) is 4.79 Å². The molecule has 148 valence electrons. The van der Waals surface area contributed by atoms with Gasteiger partial charge >= 0.3 is 12.0 Å². The fourth-order valence-electron chi connectivity index (χ4n) is 2.61. The van der Waals surface area contributed by atoms with Crippen LogP contribution in [0.2, 0.25) is 0 Å². The zero-order chi connectivity index (χ0) is 20.1. The normalized spacial score (nSPS) is 16.1. The largest absolute Gasteiger partial charge is 0.504 e. The highest BCUT2D eigenvalue weighted by atomic mass is 79.9. The van der Waals surface area contributed by atoms with E-state index in [0.717, 1.165) is 0 Å². The average Bonchev–Trinajstić information content (AvgIpc) is 3.01. The summed E-state index contributed by atoms with van der Waals surface area (Å²) in [5.41, 5.74) is 0.512. The first-order chi connectivity index (χ1) is 12.7. The molecule has 0 unspecified atom stereocenters. The summed E-state index contributed by atoms with van der Waals surface area (Å²) in [5, 5.41) is 33.7. The van der Waals surface area contributed by atoms with Crippen molar-refractivity contribution >= 4 is 49.8 Å². The minimum atomic E-state index is -0.968. The van der Waals surface area contributed by atoms with Crippen molar-refractivity contribution in [2.75, 3.05) is 6.54 Å². The molecule has 0 saturated carbocycles. The van der Waals surface area contributed by atoms with Crippen LogP contribution >= 0.6 is 31.9 Å². The SMILES string of the molecule is O=C(O)CCCN(Cc1cc(O)c(O)c(Br)c1Br)C(=O)N[C@@H]1CCC(=O)N1. The minimum Gasteiger partial charge on any atom is -0.504 e. The molecule has 1 aliphatic rings. The zero-order valence-corrected chi connectivity index (χ0v) is 17.3. The van der Waals surface area contributed by atoms with E-state index in [2.05, 4.69) is 42.5 Å². The lowest BCUT2D eigenvalue weighted by Crippen LogP contribution is -2.49. The van der Waals surface area contributed by atoms with E-state index in [1.807, 2.05) is 0 Å². The number of phenolic OH excluding ortho intramolecular Hbond substituents is 2. The Morgan fingerprint density at radius 1 is 1.30 bits per heavy atom. The lowest BCUT2D eigenvalue weighted by atomic mass is 10.1. The Bertz CT molecular complexity index is 758. The number of carboxylic acids is 1. The van der Waals surface area contributed by atoms with Crippen molar-refractivity contribution in [2.45, 2.75) is 38.4 Å². The molecule has 3 amide bonds. The number of carbonyl (C=O) groups excluding carboxylic acids is 2. The third-order valence-corrected chi connectivity index (χ3v) is 6.21. The Labute approximate surface area is 172 Å². The topological polar surface area (TPSA) is 139 Å². The van der Waals surface area contributed by atoms with Gasteiger partial charge in [0.15, 0.2) is 11.5 Å². The molecule has 27 heavy (non-hydrogen) atoms. The summed E-state index contributed by atoms with van der Waals surface area (Å²) in [6.07, 6.45) is 0.463. The van der Waals surface area contributed by atoms with E-state index in [-0.39, 0.29) is 47.8 Å². The number of amides is 3. The molecule has 11 heteroatoms. The molecule has 1 aromatic carbocycles. The predicted octanol–water partition coefficient (Wildman–Crippen LogP) is 2.24. The number of phenols is 2. The van der Waals surface area contributed by atoms with Crippen LogP contribution in [-0.4, -0.2) is 50.8 Å². The van der Waals surface area contributed by atoms with Gasteiger partial charge in [0.05, 0.1) is 4.47 Å². The molecule has 1 fully saturated rings. The monoisotopic (exact) mass is 507 g/mol. The van der Waals surface area contributed by atoms with Crippen LogP contribution in [0.15, 0.2) is 15.0 Å². The van der Waals surface area contributed by atoms with Crippen molar-refractivity contribution < 1.29 is 29.7 Å². The second kappa shape index (κ2) is 9.27. The van der Waals surface area contributed by atoms with E-state index < -0.39 is 18.2 Å². The van der Waals surface area contributed by atoms with Crippen molar-refractivity contribution in [1.82, 2.24) is 15.5 Å². The van der Waals surface area contributed by atoms with E-state index in [1.54, 1.807) is 0 Å². The Morgan fingerprint density at radius 3 is 2.59 bits per heavy atom. The number of carbonyl (C=O) groups is 3. The Hall–Kier alpha value is -2.01. The molecule has 1 aromatic rings. The number of aliphatic carboxylic acids is 1. The number of halogens is 2. The molecular formula is C16H19Br2N3O6. The third-order valence-electron chi connectivity index (χ3n) is 4.00. The molecule has 1 atom stereocenters. The molecule has 1 saturated heterocycles. The molecule has 9 nitrogen and oxygen atoms in total. The summed E-state index contributed by atoms with van der Waals surface area (Å²) in [6.45, 7) is 0.212. The van der Waals surface area contributed by atoms with E-state index in [1.165, 1.54) is 11.0 Å². The van der Waals surface area contributed by atoms with Crippen LogP contribution in [0.25, 0.3) is 0 Å². The van der Waals surface area contributed by atoms with E-state index in [9.17, 15) is 24.6 Å². The molecule has 0 spiro atoms. The second-order valence-electron chi connectivity index (χ2n) is 6.06. The molecule has 0 radical (unpaired) electrons. The molecule has 0 aromatic heterocycles. The van der Waals surface area contributed by atoms with E-state index in [0.29, 0.717) is 22.9 Å². The number of carboxylic acid groups (broad SMARTS) is 1. The Balaban J connectivity index is 2.15. The molecule has 0 bridgehead atoms. The quantitative estimate of drug-likeness (QED) is 0.358. The number of nitrogens with zero attached hydrogens (tertiary/aromatic N) is 1. The van der Waals surface area contributed by atoms with Gasteiger partial charge in [0.2, 0.25) is 5.91 Å². The van der Waals surface area contributed by atoms with Gasteiger partial charge in [-0.25, -0.2) is 4.79 Å². The highest BCUT2D eigenvalue weighted by molar-refractivity contribution is 9.13. The smallest absolute Gasteiger partial charge is 0.319 e. The summed E-state index contributed by atoms with van der Waals surface area (Å²) in [4.78, 5) is 36.1. The number of rotatable bonds is 7. The van der Waals surface area contributed by atoms with Crippen molar-refractivity contribution in [3.05, 3.63) is 20.6 Å². The van der Waals surface area contributed by atoms with Crippen LogP contribution in [0.3, 0.4) is 0 Å². The van der Waals surface area contributed by atoms with Crippen LogP contribution in [0, 0.1) is 0 Å². The van der Waals surface area contributed by atoms with Gasteiger partial charge in [0.1, 0.15) is 6.17 Å². The van der Waals surface area contributed by atoms with Crippen molar-refractivity contribution in [1.29, 1.82) is 0 Å². The number of benzene rings is 1. The fourth-order valence-corrected chi connectivity index (χ4v) is 3.50. The van der Waals surface area contributed by atoms with E-state index in [4.69, 9.17) is 5.11 Å². The molecule has 1 aliphatic heterocycles. The van der Waals surface area contributed by atoms with Crippen molar-refractivity contribution in [2.24, 2.45) is 0 Å². The van der Waals surface area contributed by atoms with Crippen molar-refractivity contribution in [3.8, 4) is 11.5 Å². The van der Waals surface area contributed by atoms with Gasteiger partial charge in [-0.1, -0.05) is 0 Å². The first kappa shape index (κ1) is 21.3. The highest BCUT2D eigenvalue weighted by Gasteiger charge is 2.25. The first-order valence-electron chi connectivity index (χ1n) is 8.14. The van der Waals surface area contributed by atoms with Gasteiger partial charge in [0.25, 0.3) is 0 Å². The lowest BCUT2D eigenvalue weighted by Gasteiger charge is -2.26. The summed E-state index contributed by atoms with van der Waals surface area (Å²) in [7, 11) is 0. The summed E-state index contributed by atoms with van der Waals surface area (Å²) in [6, 6.07) is 0.849. The molecule has 2 rings (SSSR count). The van der Waals surface area contributed by atoms with Crippen LogP contribution in [-0.2, 0) is 16.1 Å². The van der Waals surface area contributed by atoms with Crippen LogP contribution < -0.4 is 10.6 Å². The van der Waals surface area contributed by atoms with Crippen molar-refractivity contribution in [3.63, 3.8) is 0 Å². The predicted molar refractivity (Wildman–Crippen MR) is 102 cm³/mol. The summed E-state index contributed by atoms with van der Waals surface area (Å²) < 4.78 is 0.703. The zero-order valence-electron chi connectivity index (χ0n) is 14.2. The lowest BCUT2D eigenvalue weighted by molar-refractivity contribution is -0.137. The average molecular weight is 509 g/mol. The number of nitrogens with one attached hydrogen (secondary N) is 2. The number of hydrogen-bond acceptors (Lipinski definition) is 5. The van der Waals surface area contributed by atoms with E-state index >= 15 is 0 Å². The third kappa shape index (κ3) is 5.73. The number of hydrogen-bond donors (Lipinski definition) is 5. The maximum absolute atomic E-state index is 12.6. The molecule has 1 heterocycles. The van der Waals surface area contributed by atoms with Crippen LogP contribution in [0.1, 0.15) is 31.2 Å². The maximum atomic E-state index is 12.6. The van der Waals surface area contributed by atoms with Gasteiger partial charge in [-0.15, -0.1) is 0 Å². The fraction of sp³-hybridized carbons (Fsp3) is 0.438. The molecular weight excluding hydrogens is 490 g/mol. The standard InChI is InChI=1S/C16H19Br2N3O6/c17-13-8(6-9(22)15(26)14(13)18)7-21(5-1-2-12(24)25)16(27)20-10-3-4-11(23)19-10/h6,10,22,26H,1-5,7H2,(H,19,23)(H,20,27)(H,24,25)/t10-/m1/s1. The van der Waals surface area contributed by atoms with Gasteiger partial charge in [-0.3, -0.25) is 9.59 Å². The summed E-state index contributed by atoms with van der Waals surface area (Å²) >= 11 is 6.46. The Morgan fingerprint density at radius 2 is 2.00 bits per heavy atom. The molecule has 5 N–H and O–H groups in total.